The van der Waals surface area contributed by atoms with Gasteiger partial charge in [-0.15, -0.1) is 10.8 Å². The Balaban J connectivity index is 1.21. The summed E-state index contributed by atoms with van der Waals surface area (Å²) in [6.45, 7) is 1.13. The summed E-state index contributed by atoms with van der Waals surface area (Å²) in [6, 6.07) is 17.7. The first-order chi connectivity index (χ1) is 20.7. The van der Waals surface area contributed by atoms with E-state index in [9.17, 15) is 18.3 Å². The minimum atomic E-state index is -2.88. The minimum absolute atomic E-state index is 0.175. The number of hydrogen-bond donors (Lipinski definition) is 5. The van der Waals surface area contributed by atoms with E-state index in [1.165, 1.54) is 36.6 Å². The minimum Gasteiger partial charge on any atom is -0.324 e. The summed E-state index contributed by atoms with van der Waals surface area (Å²) in [5.74, 6) is -0.907. The van der Waals surface area contributed by atoms with Crippen molar-refractivity contribution in [1.29, 1.82) is 0 Å². The maximum Gasteiger partial charge on any atom is 0.242 e. The van der Waals surface area contributed by atoms with Gasteiger partial charge in [0.1, 0.15) is 11.6 Å². The lowest BCUT2D eigenvalue weighted by Gasteiger charge is -2.49. The molecule has 2 bridgehead atoms. The molecule has 3 aromatic rings. The lowest BCUT2D eigenvalue weighted by Crippen LogP contribution is -2.55. The monoisotopic (exact) mass is 610 g/mol. The third-order valence-corrected chi connectivity index (χ3v) is 11.2. The van der Waals surface area contributed by atoms with Crippen molar-refractivity contribution in [3.05, 3.63) is 101 Å². The Labute approximate surface area is 253 Å². The number of nitrogens with one attached hydrogen (secondary N) is 2. The third-order valence-electron chi connectivity index (χ3n) is 9.14. The Hall–Kier alpha value is -2.86. The van der Waals surface area contributed by atoms with E-state index < -0.39 is 34.5 Å². The Kier molecular flexibility index (Phi) is 8.86. The second kappa shape index (κ2) is 12.6. The first-order valence-corrected chi connectivity index (χ1v) is 16.8. The number of carbonyl (C=O) groups is 1. The van der Waals surface area contributed by atoms with Crippen molar-refractivity contribution in [2.24, 2.45) is 5.73 Å². The molecule has 10 heteroatoms. The molecule has 1 saturated carbocycles. The smallest absolute Gasteiger partial charge is 0.242 e. The van der Waals surface area contributed by atoms with Crippen LogP contribution in [-0.4, -0.2) is 56.3 Å². The van der Waals surface area contributed by atoms with Crippen LogP contribution in [0.5, 0.6) is 0 Å². The summed E-state index contributed by atoms with van der Waals surface area (Å²) in [7, 11) is -2.88. The third kappa shape index (κ3) is 6.79. The molecule has 0 spiro atoms. The molecular weight excluding hydrogens is 570 g/mol. The molecule has 3 fully saturated rings. The van der Waals surface area contributed by atoms with Crippen LogP contribution < -0.4 is 16.4 Å². The number of amides is 1. The zero-order chi connectivity index (χ0) is 30.1. The largest absolute Gasteiger partial charge is 0.324 e. The van der Waals surface area contributed by atoms with Gasteiger partial charge >= 0.3 is 0 Å². The summed E-state index contributed by atoms with van der Waals surface area (Å²) < 4.78 is 52.4. The molecule has 0 radical (unpaired) electrons. The van der Waals surface area contributed by atoms with Crippen LogP contribution >= 0.6 is 10.8 Å². The Morgan fingerprint density at radius 1 is 1.02 bits per heavy atom. The summed E-state index contributed by atoms with van der Waals surface area (Å²) in [5, 5.41) is 6.38. The fourth-order valence-electron chi connectivity index (χ4n) is 6.55. The number of benzene rings is 3. The van der Waals surface area contributed by atoms with Crippen molar-refractivity contribution in [2.45, 2.75) is 68.5 Å². The van der Waals surface area contributed by atoms with Gasteiger partial charge in [0.2, 0.25) is 5.91 Å². The van der Waals surface area contributed by atoms with Crippen LogP contribution in [0.2, 0.25) is 0 Å². The second-order valence-electron chi connectivity index (χ2n) is 12.1. The van der Waals surface area contributed by atoms with Gasteiger partial charge in [-0.05, 0) is 85.4 Å². The van der Waals surface area contributed by atoms with Crippen LogP contribution in [0.1, 0.15) is 66.2 Å². The van der Waals surface area contributed by atoms with E-state index in [1.54, 1.807) is 28.6 Å². The molecule has 1 aliphatic carbocycles. The molecule has 3 aromatic carbocycles. The van der Waals surface area contributed by atoms with Gasteiger partial charge in [0.15, 0.2) is 0 Å². The average molecular weight is 611 g/mol. The summed E-state index contributed by atoms with van der Waals surface area (Å²) in [4.78, 5) is 13.7. The number of anilines is 1. The number of hydrogen-bond acceptors (Lipinski definition) is 6. The van der Waals surface area contributed by atoms with E-state index in [4.69, 9.17) is 5.73 Å². The first-order valence-electron chi connectivity index (χ1n) is 15.1. The Morgan fingerprint density at radius 3 is 2.42 bits per heavy atom. The quantitative estimate of drug-likeness (QED) is 0.204. The number of rotatable bonds is 9. The van der Waals surface area contributed by atoms with Gasteiger partial charge in [-0.3, -0.25) is 13.9 Å². The molecule has 2 heterocycles. The van der Waals surface area contributed by atoms with Gasteiger partial charge in [-0.1, -0.05) is 42.5 Å². The van der Waals surface area contributed by atoms with Crippen molar-refractivity contribution < 1.29 is 22.7 Å². The predicted molar refractivity (Wildman–Crippen MR) is 167 cm³/mol. The standard InChI is InChI=1S/C33H40F2N4O3S/c34-25-14-12-24(13-15-25)31(23-10-8-22(9-11-23)21-6-7-21)32(36)33(40)38-30-5-1-4-29(35)28(30)17-16-27-19-37-26-3-2-18-43(41,42)39(27)20-26/h1,4-5,8-15,21,26-27,31-32,37,41-42H,2-3,6-7,16-20,36H2,(H,38,40)/t26?,27?,31-,32+/m1/s1. The fraction of sp³-hybridized carbons (Fsp3) is 0.424. The maximum absolute atomic E-state index is 15.2. The zero-order valence-corrected chi connectivity index (χ0v) is 24.9. The number of fused-ring (bicyclic) bond motifs is 2. The molecule has 6 rings (SSSR count). The zero-order valence-electron chi connectivity index (χ0n) is 24.1. The molecular formula is C33H40F2N4O3S. The molecule has 5 atom stereocenters. The topological polar surface area (TPSA) is 111 Å². The van der Waals surface area contributed by atoms with Crippen LogP contribution in [-0.2, 0) is 11.2 Å². The summed E-state index contributed by atoms with van der Waals surface area (Å²) in [5.41, 5.74) is 10.1. The normalized spacial score (nSPS) is 25.3. The number of nitrogens with two attached hydrogens (primary N) is 1. The van der Waals surface area contributed by atoms with E-state index in [-0.39, 0.29) is 17.9 Å². The van der Waals surface area contributed by atoms with Crippen molar-refractivity contribution >= 4 is 22.4 Å². The van der Waals surface area contributed by atoms with Crippen LogP contribution in [0.4, 0.5) is 14.5 Å². The molecule has 43 heavy (non-hydrogen) atoms. The van der Waals surface area contributed by atoms with Gasteiger partial charge in [-0.2, -0.15) is 0 Å². The second-order valence-corrected chi connectivity index (χ2v) is 14.3. The molecule has 230 valence electrons. The molecule has 3 unspecified atom stereocenters. The van der Waals surface area contributed by atoms with Gasteiger partial charge in [0.05, 0.1) is 11.8 Å². The van der Waals surface area contributed by atoms with E-state index >= 15 is 4.39 Å². The van der Waals surface area contributed by atoms with Gasteiger partial charge in [0.25, 0.3) is 0 Å². The van der Waals surface area contributed by atoms with Crippen molar-refractivity contribution in [2.75, 3.05) is 24.2 Å². The van der Waals surface area contributed by atoms with E-state index in [1.807, 2.05) is 12.1 Å². The molecule has 6 N–H and O–H groups in total. The SMILES string of the molecule is N[C@H](C(=O)Nc1cccc(F)c1CCC1CNC2CCCS(O)(O)N1C2)[C@@H](c1ccc(F)cc1)c1ccc(C2CC2)cc1. The molecule has 0 aromatic heterocycles. The molecule has 3 aliphatic rings. The van der Waals surface area contributed by atoms with Crippen molar-refractivity contribution in [3.63, 3.8) is 0 Å². The van der Waals surface area contributed by atoms with Crippen LogP contribution in [0.25, 0.3) is 0 Å². The van der Waals surface area contributed by atoms with Crippen LogP contribution in [0.3, 0.4) is 0 Å². The molecule has 2 aliphatic heterocycles. The summed E-state index contributed by atoms with van der Waals surface area (Å²) in [6.07, 6.45) is 4.78. The highest BCUT2D eigenvalue weighted by Gasteiger charge is 2.38. The lowest BCUT2D eigenvalue weighted by atomic mass is 9.84. The van der Waals surface area contributed by atoms with Gasteiger partial charge < -0.3 is 16.4 Å². The molecule has 7 nitrogen and oxygen atoms in total. The lowest BCUT2D eigenvalue weighted by molar-refractivity contribution is -0.117. The van der Waals surface area contributed by atoms with Crippen molar-refractivity contribution in [3.8, 4) is 0 Å². The van der Waals surface area contributed by atoms with Crippen LogP contribution in [0.15, 0.2) is 66.7 Å². The van der Waals surface area contributed by atoms with E-state index in [0.29, 0.717) is 54.4 Å². The van der Waals surface area contributed by atoms with Crippen molar-refractivity contribution in [1.82, 2.24) is 9.62 Å². The van der Waals surface area contributed by atoms with Crippen LogP contribution in [0, 0.1) is 11.6 Å². The average Bonchev–Trinajstić information content (AvgIpc) is 3.85. The molecule has 2 saturated heterocycles. The molecule has 1 amide bonds. The van der Waals surface area contributed by atoms with Gasteiger partial charge in [-0.25, -0.2) is 13.1 Å². The Bertz CT molecular complexity index is 1440. The summed E-state index contributed by atoms with van der Waals surface area (Å²) >= 11 is 0. The Morgan fingerprint density at radius 2 is 1.72 bits per heavy atom. The highest BCUT2D eigenvalue weighted by Crippen LogP contribution is 2.49. The number of halogens is 2. The van der Waals surface area contributed by atoms with E-state index in [0.717, 1.165) is 18.4 Å². The fourth-order valence-corrected chi connectivity index (χ4v) is 8.42. The van der Waals surface area contributed by atoms with E-state index in [2.05, 4.69) is 22.8 Å². The van der Waals surface area contributed by atoms with Gasteiger partial charge in [0, 0.05) is 42.3 Å². The number of nitrogens with zero attached hydrogens (tertiary/aromatic N) is 1. The number of carbonyl (C=O) groups excluding carboxylic acids is 1. The predicted octanol–water partition coefficient (Wildman–Crippen LogP) is 5.97. The first kappa shape index (κ1) is 30.2. The number of piperazine rings is 1. The maximum atomic E-state index is 15.2. The highest BCUT2D eigenvalue weighted by atomic mass is 32.3. The highest BCUT2D eigenvalue weighted by molar-refractivity contribution is 8.22.